The quantitative estimate of drug-likeness (QED) is 0.721. The minimum absolute atomic E-state index is 0.324. The largest absolute Gasteiger partial charge is 0.336 e. The van der Waals surface area contributed by atoms with Gasteiger partial charge >= 0.3 is 5.69 Å². The number of fused-ring (bicyclic) bond motifs is 1. The average molecular weight is 271 g/mol. The molecule has 102 valence electrons. The van der Waals surface area contributed by atoms with Crippen LogP contribution in [0, 0.1) is 0 Å². The second kappa shape index (κ2) is 4.76. The lowest BCUT2D eigenvalue weighted by atomic mass is 10.2. The summed E-state index contributed by atoms with van der Waals surface area (Å²) < 4.78 is 1.43. The molecule has 3 aromatic rings. The van der Waals surface area contributed by atoms with Crippen molar-refractivity contribution in [3.63, 3.8) is 0 Å². The summed E-state index contributed by atoms with van der Waals surface area (Å²) in [7, 11) is 0. The molecule has 0 radical (unpaired) electrons. The maximum atomic E-state index is 11.8. The van der Waals surface area contributed by atoms with Gasteiger partial charge in [-0.2, -0.15) is 0 Å². The standard InChI is InChI=1S/C13H13N5O2/c1-2-18-11-10(12(19)17-13(18)20)15-9(16-11)6-8-4-3-5-14-7-8/h3-5,7H,2,6H2,1H3,(H,15,16)(H,17,19,20). The third kappa shape index (κ3) is 2.03. The lowest BCUT2D eigenvalue weighted by Crippen LogP contribution is -2.29. The van der Waals surface area contributed by atoms with Gasteiger partial charge in [0.1, 0.15) is 11.3 Å². The van der Waals surface area contributed by atoms with Crippen LogP contribution in [-0.4, -0.2) is 24.5 Å². The third-order valence-electron chi connectivity index (χ3n) is 3.09. The molecule has 0 spiro atoms. The Kier molecular flexibility index (Phi) is 2.94. The number of aryl methyl sites for hydroxylation is 1. The highest BCUT2D eigenvalue weighted by Crippen LogP contribution is 2.09. The van der Waals surface area contributed by atoms with Gasteiger partial charge in [-0.1, -0.05) is 6.07 Å². The van der Waals surface area contributed by atoms with Crippen molar-refractivity contribution in [2.45, 2.75) is 19.9 Å². The molecule has 0 saturated heterocycles. The predicted molar refractivity (Wildman–Crippen MR) is 73.7 cm³/mol. The zero-order valence-electron chi connectivity index (χ0n) is 10.9. The first kappa shape index (κ1) is 12.3. The van der Waals surface area contributed by atoms with E-state index in [9.17, 15) is 9.59 Å². The molecule has 0 fully saturated rings. The number of imidazole rings is 1. The fourth-order valence-electron chi connectivity index (χ4n) is 2.16. The predicted octanol–water partition coefficient (Wildman–Crippen LogP) is 0.419. The Hall–Kier alpha value is -2.70. The molecule has 7 nitrogen and oxygen atoms in total. The van der Waals surface area contributed by atoms with E-state index in [-0.39, 0.29) is 0 Å². The van der Waals surface area contributed by atoms with E-state index < -0.39 is 11.2 Å². The first-order valence-electron chi connectivity index (χ1n) is 6.29. The van der Waals surface area contributed by atoms with Crippen LogP contribution in [0.5, 0.6) is 0 Å². The van der Waals surface area contributed by atoms with Crippen molar-refractivity contribution in [1.29, 1.82) is 0 Å². The summed E-state index contributed by atoms with van der Waals surface area (Å²) in [5.74, 6) is 0.631. The molecule has 0 atom stereocenters. The van der Waals surface area contributed by atoms with Crippen LogP contribution in [0.2, 0.25) is 0 Å². The number of aromatic nitrogens is 5. The van der Waals surface area contributed by atoms with Crippen molar-refractivity contribution in [1.82, 2.24) is 24.5 Å². The van der Waals surface area contributed by atoms with Crippen LogP contribution in [0.1, 0.15) is 18.3 Å². The molecule has 0 aliphatic carbocycles. The first-order chi connectivity index (χ1) is 9.69. The maximum absolute atomic E-state index is 11.8. The normalized spacial score (nSPS) is 11.1. The third-order valence-corrected chi connectivity index (χ3v) is 3.09. The molecular formula is C13H13N5O2. The van der Waals surface area contributed by atoms with Crippen molar-refractivity contribution in [2.24, 2.45) is 0 Å². The Bertz CT molecular complexity index is 860. The smallest absolute Gasteiger partial charge is 0.330 e. The van der Waals surface area contributed by atoms with E-state index in [4.69, 9.17) is 0 Å². The number of nitrogens with zero attached hydrogens (tertiary/aromatic N) is 3. The SMILES string of the molecule is CCn1c(=O)[nH]c(=O)c2[nH]c(Cc3cccnc3)nc21. The van der Waals surface area contributed by atoms with E-state index in [1.54, 1.807) is 12.4 Å². The van der Waals surface area contributed by atoms with Gasteiger partial charge in [-0.05, 0) is 18.6 Å². The topological polar surface area (TPSA) is 96.4 Å². The summed E-state index contributed by atoms with van der Waals surface area (Å²) in [6.07, 6.45) is 3.96. The second-order valence-corrected chi connectivity index (χ2v) is 4.42. The molecule has 7 heteroatoms. The Balaban J connectivity index is 2.13. The molecular weight excluding hydrogens is 258 g/mol. The van der Waals surface area contributed by atoms with Crippen LogP contribution in [-0.2, 0) is 13.0 Å². The van der Waals surface area contributed by atoms with Gasteiger partial charge in [-0.3, -0.25) is 19.3 Å². The lowest BCUT2D eigenvalue weighted by Gasteiger charge is -1.99. The summed E-state index contributed by atoms with van der Waals surface area (Å²) >= 11 is 0. The summed E-state index contributed by atoms with van der Waals surface area (Å²) in [6.45, 7) is 2.28. The van der Waals surface area contributed by atoms with Crippen molar-refractivity contribution < 1.29 is 0 Å². The summed E-state index contributed by atoms with van der Waals surface area (Å²) in [5, 5.41) is 0. The van der Waals surface area contributed by atoms with E-state index in [2.05, 4.69) is 19.9 Å². The van der Waals surface area contributed by atoms with Crippen molar-refractivity contribution in [3.8, 4) is 0 Å². The van der Waals surface area contributed by atoms with Crippen molar-refractivity contribution >= 4 is 11.2 Å². The summed E-state index contributed by atoms with van der Waals surface area (Å²) in [4.78, 5) is 37.1. The van der Waals surface area contributed by atoms with Gasteiger partial charge in [0.2, 0.25) is 0 Å². The van der Waals surface area contributed by atoms with E-state index in [1.807, 2.05) is 19.1 Å². The molecule has 0 unspecified atom stereocenters. The van der Waals surface area contributed by atoms with E-state index in [0.29, 0.717) is 30.0 Å². The van der Waals surface area contributed by atoms with E-state index in [0.717, 1.165) is 5.56 Å². The summed E-state index contributed by atoms with van der Waals surface area (Å²) in [6, 6.07) is 3.77. The number of hydrogen-bond acceptors (Lipinski definition) is 4. The Morgan fingerprint density at radius 1 is 1.30 bits per heavy atom. The van der Waals surface area contributed by atoms with Gasteiger partial charge < -0.3 is 4.98 Å². The molecule has 2 N–H and O–H groups in total. The molecule has 0 bridgehead atoms. The fraction of sp³-hybridized carbons (Fsp3) is 0.231. The highest BCUT2D eigenvalue weighted by molar-refractivity contribution is 5.69. The van der Waals surface area contributed by atoms with Gasteiger partial charge in [0.15, 0.2) is 5.65 Å². The van der Waals surface area contributed by atoms with Crippen LogP contribution in [0.25, 0.3) is 11.2 Å². The van der Waals surface area contributed by atoms with Gasteiger partial charge in [0, 0.05) is 25.4 Å². The molecule has 0 aliphatic heterocycles. The highest BCUT2D eigenvalue weighted by atomic mass is 16.2. The molecule has 0 saturated carbocycles. The molecule has 3 rings (SSSR count). The fourth-order valence-corrected chi connectivity index (χ4v) is 2.16. The zero-order valence-corrected chi connectivity index (χ0v) is 10.9. The molecule has 0 aromatic carbocycles. The number of aromatic amines is 2. The summed E-state index contributed by atoms with van der Waals surface area (Å²) in [5.41, 5.74) is 0.808. The number of nitrogens with one attached hydrogen (secondary N) is 2. The van der Waals surface area contributed by atoms with Crippen LogP contribution in [0.4, 0.5) is 0 Å². The molecule has 0 aliphatic rings. The number of rotatable bonds is 3. The Morgan fingerprint density at radius 3 is 2.85 bits per heavy atom. The Labute approximate surface area is 113 Å². The Morgan fingerprint density at radius 2 is 2.15 bits per heavy atom. The molecule has 0 amide bonds. The van der Waals surface area contributed by atoms with Crippen LogP contribution < -0.4 is 11.2 Å². The van der Waals surface area contributed by atoms with E-state index in [1.165, 1.54) is 4.57 Å². The lowest BCUT2D eigenvalue weighted by molar-refractivity contribution is 0.719. The van der Waals surface area contributed by atoms with Gasteiger partial charge in [0.25, 0.3) is 5.56 Å². The van der Waals surface area contributed by atoms with Gasteiger partial charge in [0.05, 0.1) is 0 Å². The molecule has 3 aromatic heterocycles. The second-order valence-electron chi connectivity index (χ2n) is 4.42. The molecule has 20 heavy (non-hydrogen) atoms. The van der Waals surface area contributed by atoms with Crippen LogP contribution in [0.3, 0.4) is 0 Å². The minimum atomic E-state index is -0.445. The van der Waals surface area contributed by atoms with Crippen LogP contribution >= 0.6 is 0 Å². The number of hydrogen-bond donors (Lipinski definition) is 2. The maximum Gasteiger partial charge on any atom is 0.330 e. The average Bonchev–Trinajstić information content (AvgIpc) is 2.84. The minimum Gasteiger partial charge on any atom is -0.336 e. The number of H-pyrrole nitrogens is 2. The monoisotopic (exact) mass is 271 g/mol. The zero-order chi connectivity index (χ0) is 14.1. The van der Waals surface area contributed by atoms with Gasteiger partial charge in [-0.15, -0.1) is 0 Å². The van der Waals surface area contributed by atoms with Gasteiger partial charge in [-0.25, -0.2) is 9.78 Å². The van der Waals surface area contributed by atoms with Crippen molar-refractivity contribution in [2.75, 3.05) is 0 Å². The number of pyridine rings is 1. The first-order valence-corrected chi connectivity index (χ1v) is 6.29. The van der Waals surface area contributed by atoms with Crippen molar-refractivity contribution in [3.05, 3.63) is 56.8 Å². The van der Waals surface area contributed by atoms with Crippen LogP contribution in [0.15, 0.2) is 34.1 Å². The highest BCUT2D eigenvalue weighted by Gasteiger charge is 2.12. The van der Waals surface area contributed by atoms with E-state index >= 15 is 0 Å². The molecule has 3 heterocycles.